The molecule has 4 aliphatic heterocycles. The Labute approximate surface area is 707 Å². The maximum Gasteiger partial charge on any atom is 0.323 e. The maximum absolute atomic E-state index is 14.6. The van der Waals surface area contributed by atoms with Gasteiger partial charge in [-0.3, -0.25) is 19.2 Å². The van der Waals surface area contributed by atoms with Crippen LogP contribution in [-0.2, 0) is 123 Å². The molecule has 0 radical (unpaired) electrons. The topological polar surface area (TPSA) is 322 Å². The molecule has 0 amide bonds. The van der Waals surface area contributed by atoms with Gasteiger partial charge in [0.2, 0.25) is 30.1 Å². The van der Waals surface area contributed by atoms with Crippen LogP contribution in [0.25, 0.3) is 43.6 Å². The molecular weight excluding hydrogens is 1710 g/mol. The van der Waals surface area contributed by atoms with E-state index in [4.69, 9.17) is 0 Å². The van der Waals surface area contributed by atoms with Gasteiger partial charge in [-0.1, -0.05) is 18.2 Å². The van der Waals surface area contributed by atoms with Crippen LogP contribution in [0.4, 0.5) is 46.5 Å². The van der Waals surface area contributed by atoms with Crippen LogP contribution in [-0.4, -0.2) is 169 Å². The first kappa shape index (κ1) is 88.8. The van der Waals surface area contributed by atoms with Crippen molar-refractivity contribution in [2.75, 3.05) is 63.6 Å². The van der Waals surface area contributed by atoms with Gasteiger partial charge in [0.05, 0.1) is 46.8 Å². The summed E-state index contributed by atoms with van der Waals surface area (Å²) in [6.45, 7) is 7.42. The Hall–Kier alpha value is -11.5. The van der Waals surface area contributed by atoms with E-state index < -0.39 is 128 Å². The number of halogens is 8. The van der Waals surface area contributed by atoms with Gasteiger partial charge in [0, 0.05) is 125 Å². The van der Waals surface area contributed by atoms with Crippen molar-refractivity contribution in [2.45, 2.75) is 143 Å². The molecule has 4 N–H and O–H groups in total. The van der Waals surface area contributed by atoms with E-state index in [0.717, 1.165) is 65.2 Å². The van der Waals surface area contributed by atoms with Crippen molar-refractivity contribution in [1.82, 2.24) is 31.2 Å². The van der Waals surface area contributed by atoms with Gasteiger partial charge in [-0.05, 0) is 238 Å². The summed E-state index contributed by atoms with van der Waals surface area (Å²) in [7, 11) is -8.47. The molecule has 0 atom stereocenters. The zero-order valence-electron chi connectivity index (χ0n) is 68.3. The van der Waals surface area contributed by atoms with Crippen molar-refractivity contribution in [3.8, 4) is 0 Å². The largest absolute Gasteiger partial charge is 0.480 e. The molecule has 1 aliphatic carbocycles. The number of carboxylic acid groups (broad SMARTS) is 4. The van der Waals surface area contributed by atoms with Crippen LogP contribution in [0.15, 0.2) is 159 Å². The molecule has 0 bridgehead atoms. The number of aromatic nitrogens is 4. The highest BCUT2D eigenvalue weighted by atomic mass is 32.2. The van der Waals surface area contributed by atoms with Crippen molar-refractivity contribution in [1.29, 1.82) is 0 Å². The van der Waals surface area contributed by atoms with Crippen LogP contribution in [0.5, 0.6) is 0 Å². The van der Waals surface area contributed by atoms with Gasteiger partial charge in [-0.15, -0.1) is 0 Å². The summed E-state index contributed by atoms with van der Waals surface area (Å²) in [5.74, 6) is -13.1. The van der Waals surface area contributed by atoms with Crippen LogP contribution >= 0.6 is 0 Å². The molecule has 12 aromatic rings. The number of hydrogen-bond acceptors (Lipinski definition) is 14. The van der Waals surface area contributed by atoms with Crippen molar-refractivity contribution in [2.24, 2.45) is 0 Å². The average molecular weight is 1790 g/mol. The lowest BCUT2D eigenvalue weighted by molar-refractivity contribution is -0.138. The molecular formula is C87H85F8N9O16S4. The lowest BCUT2D eigenvalue weighted by Gasteiger charge is -2.35. The third-order valence-electron chi connectivity index (χ3n) is 23.6. The number of benzene rings is 8. The molecule has 124 heavy (non-hydrogen) atoms. The number of carbonyl (C=O) groups is 4. The summed E-state index contributed by atoms with van der Waals surface area (Å²) in [6, 6.07) is 33.3. The number of sulfonamides is 3. The maximum atomic E-state index is 14.6. The summed E-state index contributed by atoms with van der Waals surface area (Å²) < 4.78 is 225. The van der Waals surface area contributed by atoms with Gasteiger partial charge >= 0.3 is 23.9 Å². The summed E-state index contributed by atoms with van der Waals surface area (Å²) in [6.07, 6.45) is 2.13. The zero-order valence-corrected chi connectivity index (χ0v) is 71.6. The molecule has 8 heterocycles. The number of likely N-dealkylation sites (N-methyl/N-ethyl adjacent to an activating group) is 1. The highest BCUT2D eigenvalue weighted by molar-refractivity contribution is 7.91. The number of nitrogens with zero attached hydrogens (tertiary/aromatic N) is 9. The molecule has 0 spiro atoms. The third kappa shape index (κ3) is 16.8. The lowest BCUT2D eigenvalue weighted by Crippen LogP contribution is -2.45. The quantitative estimate of drug-likeness (QED) is 0.0615. The minimum atomic E-state index is -4.00. The molecule has 5 aliphatic rings. The average Bonchev–Trinajstić information content (AvgIpc) is 1.19. The van der Waals surface area contributed by atoms with E-state index in [1.807, 2.05) is 56.8 Å². The summed E-state index contributed by atoms with van der Waals surface area (Å²) in [5, 5.41) is 39.4. The van der Waals surface area contributed by atoms with E-state index in [1.54, 1.807) is 64.7 Å². The number of fused-ring (bicyclic) bond motifs is 8. The normalized spacial score (nSPS) is 17.2. The van der Waals surface area contributed by atoms with E-state index >= 15 is 0 Å². The van der Waals surface area contributed by atoms with Gasteiger partial charge in [-0.25, -0.2) is 60.0 Å². The molecule has 0 saturated heterocycles. The monoisotopic (exact) mass is 1790 g/mol. The van der Waals surface area contributed by atoms with Crippen LogP contribution in [0, 0.1) is 57.9 Å². The fraction of sp³-hybridized carbons (Fsp3) is 0.310. The highest BCUT2D eigenvalue weighted by Gasteiger charge is 2.48. The number of aryl methyl sites for hydroxylation is 1. The van der Waals surface area contributed by atoms with Gasteiger partial charge in [0.1, 0.15) is 59.2 Å². The van der Waals surface area contributed by atoms with E-state index in [1.165, 1.54) is 104 Å². The second kappa shape index (κ2) is 32.9. The Kier molecular flexibility index (Phi) is 23.6. The molecule has 1 saturated carbocycles. The number of anilines is 2. The fourth-order valence-corrected chi connectivity index (χ4v) is 23.4. The number of aliphatic carboxylic acids is 4. The lowest BCUT2D eigenvalue weighted by atomic mass is 9.97. The molecule has 654 valence electrons. The predicted molar refractivity (Wildman–Crippen MR) is 447 cm³/mol. The Morgan fingerprint density at radius 3 is 1.15 bits per heavy atom. The Bertz CT molecular complexity index is 6970. The number of sulfone groups is 1. The van der Waals surface area contributed by atoms with Crippen LogP contribution < -0.4 is 9.80 Å². The summed E-state index contributed by atoms with van der Waals surface area (Å²) in [4.78, 5) is 48.9. The van der Waals surface area contributed by atoms with Gasteiger partial charge in [0.25, 0.3) is 11.8 Å². The molecule has 37 heteroatoms. The van der Waals surface area contributed by atoms with Crippen LogP contribution in [0.3, 0.4) is 0 Å². The second-order valence-corrected chi connectivity index (χ2v) is 39.8. The van der Waals surface area contributed by atoms with Crippen molar-refractivity contribution < 1.29 is 108 Å². The first-order valence-corrected chi connectivity index (χ1v) is 44.9. The van der Waals surface area contributed by atoms with Gasteiger partial charge < -0.3 is 48.5 Å². The number of rotatable bonds is 17. The van der Waals surface area contributed by atoms with E-state index in [-0.39, 0.29) is 67.3 Å². The minimum absolute atomic E-state index is 0.0909. The van der Waals surface area contributed by atoms with Gasteiger partial charge in [0.15, 0.2) is 9.84 Å². The smallest absolute Gasteiger partial charge is 0.323 e. The number of alkyl halides is 4. The van der Waals surface area contributed by atoms with E-state index in [2.05, 4.69) is 0 Å². The number of carboxylic acids is 4. The predicted octanol–water partition coefficient (Wildman–Crippen LogP) is 13.9. The molecule has 4 aromatic heterocycles. The zero-order chi connectivity index (χ0) is 90.0. The van der Waals surface area contributed by atoms with Crippen LogP contribution in [0.1, 0.15) is 103 Å². The Balaban J connectivity index is 0.000000135. The standard InChI is InChI=1S/C23H24FN3O4S.C22H24FN3O4S.C21H19F3N2O4S.C21H18F3NO4S/c1-14-18(19-11-16(24)4-7-20(19)26(14)12-23(28)29)9-15-3-8-22-21(10-15)25(2)13-27(17-5-6-17)32(22,30)31;1-13-7-21-20(24(3)12-25(4)31(21,29)30)9-15(13)8-17-14(2)26(11-22(27)28)19-6-5-16(23)10-18(17)19;1-12-15(16-9-14(22)4-5-18(16)26(12)10-20(27)28)7-13-3-6-19-17(8-13)21(23,24)11-25(2)31(19,29)30;1-12-15(16-10-14(22)3-4-18(16)25(12)11-20(26)27)8-13-2-5-19-17(9-13)21(23,24)6-7-30(19,28)29/h3-4,7-8,10-11,17H,5-6,9,12-13H2,1-2H3,(H,28,29);5-7,9-10H,8,11-12H2,1-4H3,(H,27,28);3-6,8-9H,7,10-11H2,1-2H3,(H,27,28);2-5,9-10H,6-8,11H2,1H3,(H,26,27). The minimum Gasteiger partial charge on any atom is -0.480 e. The molecule has 17 rings (SSSR count). The van der Waals surface area contributed by atoms with Crippen molar-refractivity contribution in [3.05, 3.63) is 247 Å². The van der Waals surface area contributed by atoms with Gasteiger partial charge in [-0.2, -0.15) is 21.7 Å². The summed E-state index contributed by atoms with van der Waals surface area (Å²) >= 11 is 0. The SMILES string of the molecule is Cc1c(Cc2ccc3c(c2)C(F)(F)CCS3(=O)=O)c2cc(F)ccc2n1CC(=O)O.Cc1c(Cc2ccc3c(c2)C(F)(F)CN(C)S3(=O)=O)c2cc(F)ccc2n1CC(=O)O.Cc1c(Cc2ccc3c(c2)N(C)CN(C2CC2)S3(=O)=O)c2cc(F)ccc2n1CC(=O)O.Cc1cc2c(cc1Cc1c(C)n(CC(=O)O)c3ccc(F)cc13)N(C)CN(C)S2(=O)=O. The second-order valence-electron chi connectivity index (χ2n) is 31.9. The summed E-state index contributed by atoms with van der Waals surface area (Å²) in [5.41, 5.74) is 11.5. The fourth-order valence-electron chi connectivity index (χ4n) is 17.1. The Morgan fingerprint density at radius 2 is 0.750 bits per heavy atom. The third-order valence-corrected chi connectivity index (χ3v) is 31.0. The first-order valence-electron chi connectivity index (χ1n) is 38.9. The van der Waals surface area contributed by atoms with Crippen LogP contribution in [0.2, 0.25) is 0 Å². The first-order chi connectivity index (χ1) is 58.1. The van der Waals surface area contributed by atoms with Crippen molar-refractivity contribution in [3.63, 3.8) is 0 Å². The van der Waals surface area contributed by atoms with Crippen molar-refractivity contribution >= 4 is 119 Å². The Morgan fingerprint density at radius 1 is 0.395 bits per heavy atom. The number of hydrogen-bond donors (Lipinski definition) is 4. The molecule has 1 fully saturated rings. The molecule has 8 aromatic carbocycles. The molecule has 0 unspecified atom stereocenters. The van der Waals surface area contributed by atoms with E-state index in [9.17, 15) is 108 Å². The highest BCUT2D eigenvalue weighted by Crippen LogP contribution is 2.46. The van der Waals surface area contributed by atoms with E-state index in [0.29, 0.717) is 117 Å². The molecule has 25 nitrogen and oxygen atoms in total.